The van der Waals surface area contributed by atoms with Crippen LogP contribution in [0.1, 0.15) is 0 Å². The van der Waals surface area contributed by atoms with Crippen molar-refractivity contribution in [2.24, 2.45) is 0 Å². The second-order valence-corrected chi connectivity index (χ2v) is 5.28. The topological polar surface area (TPSA) is 22.1 Å². The maximum atomic E-state index is 6.53. The van der Waals surface area contributed by atoms with Gasteiger partial charge >= 0.3 is 0 Å². The highest BCUT2D eigenvalue weighted by molar-refractivity contribution is 6.35. The summed E-state index contributed by atoms with van der Waals surface area (Å²) in [5.74, 6) is 1.05. The van der Waals surface area contributed by atoms with Crippen LogP contribution in [0.4, 0.5) is 0 Å². The maximum Gasteiger partial charge on any atom is 0.149 e. The van der Waals surface area contributed by atoms with E-state index < -0.39 is 0 Å². The quantitative estimate of drug-likeness (QED) is 0.619. The number of alkyl halides is 1. The average molecular weight is 318 g/mol. The van der Waals surface area contributed by atoms with E-state index in [0.717, 1.165) is 22.2 Å². The first-order chi connectivity index (χ1) is 10.3. The predicted octanol–water partition coefficient (Wildman–Crippen LogP) is 5.17. The first kappa shape index (κ1) is 14.2. The number of hydrogen-bond donors (Lipinski definition) is 0. The van der Waals surface area contributed by atoms with Crippen LogP contribution in [0.2, 0.25) is 5.02 Å². The minimum Gasteiger partial charge on any atom is -0.490 e. The van der Waals surface area contributed by atoms with E-state index in [2.05, 4.69) is 4.98 Å². The van der Waals surface area contributed by atoms with Crippen LogP contribution in [0.5, 0.6) is 5.75 Å². The fourth-order valence-electron chi connectivity index (χ4n) is 2.23. The van der Waals surface area contributed by atoms with Gasteiger partial charge in [-0.3, -0.25) is 0 Å². The molecule has 0 unspecified atom stereocenters. The van der Waals surface area contributed by atoms with Crippen LogP contribution in [0.3, 0.4) is 0 Å². The molecule has 0 amide bonds. The van der Waals surface area contributed by atoms with Gasteiger partial charge in [-0.05, 0) is 12.1 Å². The maximum absolute atomic E-state index is 6.53. The molecule has 0 saturated carbocycles. The summed E-state index contributed by atoms with van der Waals surface area (Å²) in [6.07, 6.45) is 0. The van der Waals surface area contributed by atoms with Gasteiger partial charge < -0.3 is 4.74 Å². The number of benzene rings is 2. The Morgan fingerprint density at radius 3 is 2.43 bits per heavy atom. The van der Waals surface area contributed by atoms with Gasteiger partial charge in [-0.1, -0.05) is 54.1 Å². The Morgan fingerprint density at radius 2 is 1.67 bits per heavy atom. The van der Waals surface area contributed by atoms with E-state index in [-0.39, 0.29) is 0 Å². The number of ether oxygens (including phenoxy) is 1. The Balaban J connectivity index is 2.24. The minimum atomic E-state index is 0.406. The molecule has 21 heavy (non-hydrogen) atoms. The first-order valence-electron chi connectivity index (χ1n) is 6.63. The van der Waals surface area contributed by atoms with Crippen LogP contribution in [-0.2, 0) is 0 Å². The number of hydrogen-bond acceptors (Lipinski definition) is 2. The molecule has 2 nitrogen and oxygen atoms in total. The van der Waals surface area contributed by atoms with E-state index in [4.69, 9.17) is 27.9 Å². The fourth-order valence-corrected chi connectivity index (χ4v) is 2.61. The van der Waals surface area contributed by atoms with Gasteiger partial charge in [-0.15, -0.1) is 11.6 Å². The van der Waals surface area contributed by atoms with Crippen molar-refractivity contribution < 1.29 is 4.74 Å². The number of para-hydroxylation sites is 1. The smallest absolute Gasteiger partial charge is 0.149 e. The Labute approximate surface area is 133 Å². The highest BCUT2D eigenvalue weighted by atomic mass is 35.5. The van der Waals surface area contributed by atoms with Crippen LogP contribution >= 0.6 is 23.2 Å². The number of pyridine rings is 1. The van der Waals surface area contributed by atoms with Gasteiger partial charge in [0.25, 0.3) is 0 Å². The lowest BCUT2D eigenvalue weighted by Gasteiger charge is -2.13. The van der Waals surface area contributed by atoms with Gasteiger partial charge in [0.15, 0.2) is 0 Å². The molecule has 0 aliphatic carbocycles. The molecule has 1 aromatic heterocycles. The largest absolute Gasteiger partial charge is 0.490 e. The van der Waals surface area contributed by atoms with Gasteiger partial charge in [0, 0.05) is 10.9 Å². The number of rotatable bonds is 4. The van der Waals surface area contributed by atoms with Gasteiger partial charge in [0.1, 0.15) is 17.4 Å². The van der Waals surface area contributed by atoms with Gasteiger partial charge in [0.2, 0.25) is 0 Å². The van der Waals surface area contributed by atoms with Gasteiger partial charge in [0.05, 0.1) is 17.1 Å². The van der Waals surface area contributed by atoms with E-state index >= 15 is 0 Å². The van der Waals surface area contributed by atoms with E-state index in [0.29, 0.717) is 23.3 Å². The average Bonchev–Trinajstić information content (AvgIpc) is 2.54. The molecule has 4 heteroatoms. The third-order valence-electron chi connectivity index (χ3n) is 3.16. The van der Waals surface area contributed by atoms with Crippen LogP contribution in [0, 0.1) is 0 Å². The second kappa shape index (κ2) is 6.33. The molecule has 0 bridgehead atoms. The zero-order chi connectivity index (χ0) is 14.7. The molecule has 0 radical (unpaired) electrons. The Morgan fingerprint density at radius 1 is 0.952 bits per heavy atom. The normalized spacial score (nSPS) is 10.8. The molecular weight excluding hydrogens is 305 g/mol. The van der Waals surface area contributed by atoms with E-state index in [9.17, 15) is 0 Å². The SMILES string of the molecule is ClCCOc1c(Cl)c(-c2ccccc2)nc2ccccc12. The summed E-state index contributed by atoms with van der Waals surface area (Å²) in [5, 5.41) is 1.41. The van der Waals surface area contributed by atoms with Crippen molar-refractivity contribution in [3.05, 3.63) is 59.6 Å². The molecule has 3 rings (SSSR count). The zero-order valence-electron chi connectivity index (χ0n) is 11.2. The van der Waals surface area contributed by atoms with E-state index in [1.807, 2.05) is 54.6 Å². The molecule has 0 aliphatic heterocycles. The van der Waals surface area contributed by atoms with E-state index in [1.165, 1.54) is 0 Å². The molecular formula is C17H13Cl2NO. The number of halogens is 2. The Kier molecular flexibility index (Phi) is 4.28. The molecule has 0 fully saturated rings. The summed E-state index contributed by atoms with van der Waals surface area (Å²) in [7, 11) is 0. The van der Waals surface area contributed by atoms with Crippen LogP contribution in [0.15, 0.2) is 54.6 Å². The van der Waals surface area contributed by atoms with Crippen molar-refractivity contribution in [1.82, 2.24) is 4.98 Å². The first-order valence-corrected chi connectivity index (χ1v) is 7.55. The molecule has 0 aliphatic rings. The monoisotopic (exact) mass is 317 g/mol. The summed E-state index contributed by atoms with van der Waals surface area (Å²) >= 11 is 12.3. The lowest BCUT2D eigenvalue weighted by Crippen LogP contribution is -2.01. The summed E-state index contributed by atoms with van der Waals surface area (Å²) in [5.41, 5.74) is 2.54. The third kappa shape index (κ3) is 2.82. The highest BCUT2D eigenvalue weighted by Gasteiger charge is 2.15. The molecule has 0 saturated heterocycles. The molecule has 106 valence electrons. The van der Waals surface area contributed by atoms with Gasteiger partial charge in [-0.2, -0.15) is 0 Å². The predicted molar refractivity (Wildman–Crippen MR) is 88.4 cm³/mol. The van der Waals surface area contributed by atoms with Crippen molar-refractivity contribution >= 4 is 34.1 Å². The zero-order valence-corrected chi connectivity index (χ0v) is 12.7. The van der Waals surface area contributed by atoms with Crippen LogP contribution in [0.25, 0.3) is 22.2 Å². The summed E-state index contributed by atoms with van der Waals surface area (Å²) in [6, 6.07) is 17.6. The molecule has 3 aromatic rings. The number of aromatic nitrogens is 1. The van der Waals surface area contributed by atoms with Crippen molar-refractivity contribution in [3.63, 3.8) is 0 Å². The number of fused-ring (bicyclic) bond motifs is 1. The molecule has 0 spiro atoms. The Hall–Kier alpha value is -1.77. The summed E-state index contributed by atoms with van der Waals surface area (Å²) in [6.45, 7) is 0.406. The number of nitrogens with zero attached hydrogens (tertiary/aromatic N) is 1. The standard InChI is InChI=1S/C17H13Cl2NO/c18-10-11-21-17-13-8-4-5-9-14(13)20-16(15(17)19)12-6-2-1-3-7-12/h1-9H,10-11H2. The summed E-state index contributed by atoms with van der Waals surface area (Å²) < 4.78 is 5.76. The van der Waals surface area contributed by atoms with Crippen molar-refractivity contribution in [3.8, 4) is 17.0 Å². The van der Waals surface area contributed by atoms with E-state index in [1.54, 1.807) is 0 Å². The Bertz CT molecular complexity index is 759. The third-order valence-corrected chi connectivity index (χ3v) is 3.66. The fraction of sp³-hybridized carbons (Fsp3) is 0.118. The highest BCUT2D eigenvalue weighted by Crippen LogP contribution is 2.39. The second-order valence-electron chi connectivity index (χ2n) is 4.52. The lowest BCUT2D eigenvalue weighted by atomic mass is 10.1. The summed E-state index contributed by atoms with van der Waals surface area (Å²) in [4.78, 5) is 4.67. The van der Waals surface area contributed by atoms with Crippen molar-refractivity contribution in [2.75, 3.05) is 12.5 Å². The van der Waals surface area contributed by atoms with Crippen molar-refractivity contribution in [2.45, 2.75) is 0 Å². The molecule has 1 heterocycles. The van der Waals surface area contributed by atoms with Crippen LogP contribution < -0.4 is 4.74 Å². The van der Waals surface area contributed by atoms with Gasteiger partial charge in [-0.25, -0.2) is 4.98 Å². The molecule has 0 atom stereocenters. The lowest BCUT2D eigenvalue weighted by molar-refractivity contribution is 0.347. The van der Waals surface area contributed by atoms with Crippen molar-refractivity contribution in [1.29, 1.82) is 0 Å². The molecule has 0 N–H and O–H groups in total. The molecule has 2 aromatic carbocycles. The minimum absolute atomic E-state index is 0.406. The van der Waals surface area contributed by atoms with Crippen LogP contribution in [-0.4, -0.2) is 17.5 Å².